The highest BCUT2D eigenvalue weighted by molar-refractivity contribution is 5.94. The van der Waals surface area contributed by atoms with Crippen molar-refractivity contribution in [3.8, 4) is 17.0 Å². The van der Waals surface area contributed by atoms with Gasteiger partial charge in [0.2, 0.25) is 0 Å². The molecule has 0 unspecified atom stereocenters. The summed E-state index contributed by atoms with van der Waals surface area (Å²) in [5.74, 6) is -0.317. The summed E-state index contributed by atoms with van der Waals surface area (Å²) in [4.78, 5) is 18.9. The lowest BCUT2D eigenvalue weighted by Gasteiger charge is -2.21. The van der Waals surface area contributed by atoms with Gasteiger partial charge in [0.1, 0.15) is 23.2 Å². The maximum atomic E-state index is 11.1. The molecule has 0 aliphatic heterocycles. The lowest BCUT2D eigenvalue weighted by molar-refractivity contribution is 0.0697. The summed E-state index contributed by atoms with van der Waals surface area (Å²) >= 11 is 0. The van der Waals surface area contributed by atoms with E-state index in [4.69, 9.17) is 9.84 Å². The molecule has 0 saturated heterocycles. The lowest BCUT2D eigenvalue weighted by atomic mass is 10.1. The standard InChI is InChI=1S/C15H16N2O3/c1-15(2,3)20-11-6-4-10(5-7-11)13-12(14(18)19)8-16-9-17-13/h4-9H,1-3H3,(H,18,19). The van der Waals surface area contributed by atoms with E-state index in [-0.39, 0.29) is 11.2 Å². The van der Waals surface area contributed by atoms with Gasteiger partial charge >= 0.3 is 5.97 Å². The van der Waals surface area contributed by atoms with E-state index in [1.807, 2.05) is 20.8 Å². The number of hydrogen-bond acceptors (Lipinski definition) is 4. The second-order valence-electron chi connectivity index (χ2n) is 5.33. The van der Waals surface area contributed by atoms with Crippen LogP contribution < -0.4 is 4.74 Å². The smallest absolute Gasteiger partial charge is 0.339 e. The summed E-state index contributed by atoms with van der Waals surface area (Å²) in [5, 5.41) is 9.13. The molecule has 5 heteroatoms. The van der Waals surface area contributed by atoms with Crippen molar-refractivity contribution >= 4 is 5.97 Å². The van der Waals surface area contributed by atoms with Crippen LogP contribution in [0.25, 0.3) is 11.3 Å². The van der Waals surface area contributed by atoms with Crippen LogP contribution in [0.1, 0.15) is 31.1 Å². The van der Waals surface area contributed by atoms with Crippen molar-refractivity contribution in [1.29, 1.82) is 0 Å². The molecule has 0 fully saturated rings. The molecule has 1 aromatic carbocycles. The van der Waals surface area contributed by atoms with Crippen LogP contribution in [0.4, 0.5) is 0 Å². The number of nitrogens with zero attached hydrogens (tertiary/aromatic N) is 2. The Bertz CT molecular complexity index is 616. The number of rotatable bonds is 3. The van der Waals surface area contributed by atoms with E-state index in [1.54, 1.807) is 24.3 Å². The second-order valence-corrected chi connectivity index (χ2v) is 5.33. The Morgan fingerprint density at radius 1 is 1.20 bits per heavy atom. The topological polar surface area (TPSA) is 72.3 Å². The van der Waals surface area contributed by atoms with Crippen LogP contribution in [-0.4, -0.2) is 26.6 Å². The summed E-state index contributed by atoms with van der Waals surface area (Å²) in [5.41, 5.74) is 0.917. The third-order valence-electron chi connectivity index (χ3n) is 2.49. The summed E-state index contributed by atoms with van der Waals surface area (Å²) < 4.78 is 5.72. The van der Waals surface area contributed by atoms with Crippen LogP contribution in [0.2, 0.25) is 0 Å². The second kappa shape index (κ2) is 5.28. The highest BCUT2D eigenvalue weighted by atomic mass is 16.5. The molecule has 0 aliphatic carbocycles. The van der Waals surface area contributed by atoms with E-state index in [0.29, 0.717) is 11.3 Å². The van der Waals surface area contributed by atoms with Crippen molar-refractivity contribution in [3.05, 3.63) is 42.4 Å². The van der Waals surface area contributed by atoms with Gasteiger partial charge in [0.15, 0.2) is 0 Å². The fourth-order valence-electron chi connectivity index (χ4n) is 1.75. The van der Waals surface area contributed by atoms with Crippen molar-refractivity contribution in [2.24, 2.45) is 0 Å². The molecule has 5 nitrogen and oxygen atoms in total. The van der Waals surface area contributed by atoms with Crippen LogP contribution in [-0.2, 0) is 0 Å². The minimum atomic E-state index is -1.05. The van der Waals surface area contributed by atoms with E-state index >= 15 is 0 Å². The van der Waals surface area contributed by atoms with Crippen LogP contribution in [0.3, 0.4) is 0 Å². The van der Waals surface area contributed by atoms with Gasteiger partial charge in [-0.1, -0.05) is 0 Å². The van der Waals surface area contributed by atoms with Crippen molar-refractivity contribution < 1.29 is 14.6 Å². The zero-order valence-electron chi connectivity index (χ0n) is 11.6. The maximum absolute atomic E-state index is 11.1. The van der Waals surface area contributed by atoms with Crippen molar-refractivity contribution in [2.45, 2.75) is 26.4 Å². The zero-order valence-corrected chi connectivity index (χ0v) is 11.6. The van der Waals surface area contributed by atoms with Crippen LogP contribution in [0.5, 0.6) is 5.75 Å². The van der Waals surface area contributed by atoms with Gasteiger partial charge in [-0.25, -0.2) is 14.8 Å². The number of aromatic nitrogens is 2. The fourth-order valence-corrected chi connectivity index (χ4v) is 1.75. The van der Waals surface area contributed by atoms with Gasteiger partial charge in [-0.3, -0.25) is 0 Å². The molecule has 1 heterocycles. The lowest BCUT2D eigenvalue weighted by Crippen LogP contribution is -2.22. The molecule has 20 heavy (non-hydrogen) atoms. The number of hydrogen-bond donors (Lipinski definition) is 1. The Labute approximate surface area is 117 Å². The van der Waals surface area contributed by atoms with Gasteiger partial charge in [0.05, 0.1) is 5.69 Å². The Hall–Kier alpha value is -2.43. The SMILES string of the molecule is CC(C)(C)Oc1ccc(-c2ncncc2C(=O)O)cc1. The van der Waals surface area contributed by atoms with Gasteiger partial charge in [-0.15, -0.1) is 0 Å². The van der Waals surface area contributed by atoms with E-state index in [0.717, 1.165) is 5.75 Å². The Balaban J connectivity index is 2.33. The molecular weight excluding hydrogens is 256 g/mol. The monoisotopic (exact) mass is 272 g/mol. The molecule has 0 aliphatic rings. The zero-order chi connectivity index (χ0) is 14.8. The first kappa shape index (κ1) is 14.0. The third kappa shape index (κ3) is 3.32. The first-order valence-corrected chi connectivity index (χ1v) is 6.19. The van der Waals surface area contributed by atoms with Crippen LogP contribution in [0.15, 0.2) is 36.8 Å². The van der Waals surface area contributed by atoms with E-state index in [1.165, 1.54) is 12.5 Å². The fraction of sp³-hybridized carbons (Fsp3) is 0.267. The van der Waals surface area contributed by atoms with Gasteiger partial charge in [-0.05, 0) is 45.0 Å². The molecule has 0 amide bonds. The highest BCUT2D eigenvalue weighted by Crippen LogP contribution is 2.25. The number of carboxylic acid groups (broad SMARTS) is 1. The average Bonchev–Trinajstić information content (AvgIpc) is 2.38. The molecule has 0 radical (unpaired) electrons. The van der Waals surface area contributed by atoms with Crippen molar-refractivity contribution in [3.63, 3.8) is 0 Å². The molecule has 2 rings (SSSR count). The number of aromatic carboxylic acids is 1. The Morgan fingerprint density at radius 2 is 1.85 bits per heavy atom. The summed E-state index contributed by atoms with van der Waals surface area (Å²) in [6.45, 7) is 5.90. The normalized spacial score (nSPS) is 11.2. The number of carbonyl (C=O) groups is 1. The molecule has 0 atom stereocenters. The Morgan fingerprint density at radius 3 is 2.40 bits per heavy atom. The average molecular weight is 272 g/mol. The highest BCUT2D eigenvalue weighted by Gasteiger charge is 2.14. The first-order valence-electron chi connectivity index (χ1n) is 6.19. The largest absolute Gasteiger partial charge is 0.488 e. The van der Waals surface area contributed by atoms with Gasteiger partial charge < -0.3 is 9.84 Å². The summed E-state index contributed by atoms with van der Waals surface area (Å²) in [6, 6.07) is 7.17. The quantitative estimate of drug-likeness (QED) is 0.929. The molecule has 104 valence electrons. The maximum Gasteiger partial charge on any atom is 0.339 e. The number of ether oxygens (including phenoxy) is 1. The van der Waals surface area contributed by atoms with Gasteiger partial charge in [0, 0.05) is 11.8 Å². The van der Waals surface area contributed by atoms with Crippen molar-refractivity contribution in [1.82, 2.24) is 9.97 Å². The molecule has 0 saturated carbocycles. The van der Waals surface area contributed by atoms with E-state index in [2.05, 4.69) is 9.97 Å². The molecular formula is C15H16N2O3. The first-order chi connectivity index (χ1) is 9.37. The third-order valence-corrected chi connectivity index (χ3v) is 2.49. The van der Waals surface area contributed by atoms with Crippen molar-refractivity contribution in [2.75, 3.05) is 0 Å². The predicted molar refractivity (Wildman–Crippen MR) is 74.8 cm³/mol. The van der Waals surface area contributed by atoms with Gasteiger partial charge in [-0.2, -0.15) is 0 Å². The molecule has 0 bridgehead atoms. The molecule has 1 N–H and O–H groups in total. The molecule has 1 aromatic heterocycles. The molecule has 2 aromatic rings. The summed E-state index contributed by atoms with van der Waals surface area (Å²) in [7, 11) is 0. The number of benzene rings is 1. The van der Waals surface area contributed by atoms with E-state index < -0.39 is 5.97 Å². The minimum Gasteiger partial charge on any atom is -0.488 e. The van der Waals surface area contributed by atoms with Crippen LogP contribution in [0, 0.1) is 0 Å². The minimum absolute atomic E-state index is 0.0805. The van der Waals surface area contributed by atoms with E-state index in [9.17, 15) is 4.79 Å². The van der Waals surface area contributed by atoms with Gasteiger partial charge in [0.25, 0.3) is 0 Å². The summed E-state index contributed by atoms with van der Waals surface area (Å²) in [6.07, 6.45) is 2.63. The molecule has 0 spiro atoms. The Kier molecular flexibility index (Phi) is 3.70. The number of carboxylic acids is 1. The predicted octanol–water partition coefficient (Wildman–Crippen LogP) is 3.02. The van der Waals surface area contributed by atoms with Crippen LogP contribution >= 0.6 is 0 Å².